The minimum absolute atomic E-state index is 0.247. The molecule has 2 rings (SSSR count). The Bertz CT molecular complexity index is 279. The molecular formula is C14H27NO2S. The molecule has 1 N–H and O–H groups in total. The number of aliphatic hydroxyl groups is 1. The summed E-state index contributed by atoms with van der Waals surface area (Å²) in [7, 11) is 1.15. The van der Waals surface area contributed by atoms with Gasteiger partial charge >= 0.3 is 0 Å². The molecule has 4 heteroatoms. The quantitative estimate of drug-likeness (QED) is 0.855. The molecule has 0 radical (unpaired) electrons. The minimum Gasteiger partial charge on any atom is -0.396 e. The van der Waals surface area contributed by atoms with Crippen molar-refractivity contribution in [2.24, 2.45) is 5.92 Å². The van der Waals surface area contributed by atoms with Gasteiger partial charge in [-0.2, -0.15) is 0 Å². The zero-order valence-corrected chi connectivity index (χ0v) is 12.3. The van der Waals surface area contributed by atoms with Crippen molar-refractivity contribution in [2.75, 3.05) is 13.7 Å². The first-order valence-corrected chi connectivity index (χ1v) is 8.65. The van der Waals surface area contributed by atoms with Crippen LogP contribution in [0.4, 0.5) is 0 Å². The summed E-state index contributed by atoms with van der Waals surface area (Å²) in [6, 6.07) is 0.325. The zero-order valence-electron chi connectivity index (χ0n) is 11.5. The van der Waals surface area contributed by atoms with Crippen LogP contribution in [0.2, 0.25) is 0 Å². The van der Waals surface area contributed by atoms with E-state index in [0.717, 1.165) is 25.7 Å². The molecule has 0 aliphatic heterocycles. The lowest BCUT2D eigenvalue weighted by molar-refractivity contribution is 0.124. The maximum Gasteiger partial charge on any atom is 0.0974 e. The fourth-order valence-electron chi connectivity index (χ4n) is 3.52. The second kappa shape index (κ2) is 7.01. The van der Waals surface area contributed by atoms with Crippen LogP contribution in [-0.2, 0) is 11.0 Å². The number of rotatable bonds is 4. The highest BCUT2D eigenvalue weighted by atomic mass is 32.2. The van der Waals surface area contributed by atoms with Crippen LogP contribution < -0.4 is 0 Å². The second-order valence-electron chi connectivity index (χ2n) is 5.88. The highest BCUT2D eigenvalue weighted by molar-refractivity contribution is 7.83. The maximum absolute atomic E-state index is 12.6. The van der Waals surface area contributed by atoms with E-state index in [4.69, 9.17) is 0 Å². The van der Waals surface area contributed by atoms with Gasteiger partial charge in [0, 0.05) is 24.9 Å². The molecule has 2 aliphatic rings. The van der Waals surface area contributed by atoms with Crippen molar-refractivity contribution in [3.05, 3.63) is 0 Å². The highest BCUT2D eigenvalue weighted by Gasteiger charge is 2.33. The summed E-state index contributed by atoms with van der Waals surface area (Å²) in [5.41, 5.74) is 0. The van der Waals surface area contributed by atoms with E-state index in [1.54, 1.807) is 0 Å². The number of hydrogen-bond donors (Lipinski definition) is 1. The number of aliphatic hydroxyl groups excluding tert-OH is 1. The summed E-state index contributed by atoms with van der Waals surface area (Å²) in [5.74, 6) is 0.330. The van der Waals surface area contributed by atoms with Gasteiger partial charge in [-0.05, 0) is 31.6 Å². The lowest BCUT2D eigenvalue weighted by Gasteiger charge is -2.38. The first kappa shape index (κ1) is 14.5. The molecule has 0 aromatic heterocycles. The minimum atomic E-state index is -0.849. The van der Waals surface area contributed by atoms with E-state index in [1.807, 2.05) is 7.05 Å². The van der Waals surface area contributed by atoms with Gasteiger partial charge in [-0.3, -0.25) is 0 Å². The molecule has 0 aromatic carbocycles. The molecule has 0 amide bonds. The van der Waals surface area contributed by atoms with Gasteiger partial charge in [0.2, 0.25) is 0 Å². The molecule has 0 saturated heterocycles. The monoisotopic (exact) mass is 273 g/mol. The molecule has 0 heterocycles. The van der Waals surface area contributed by atoms with Gasteiger partial charge in [0.15, 0.2) is 0 Å². The number of nitrogens with zero attached hydrogens (tertiary/aromatic N) is 1. The van der Waals surface area contributed by atoms with Crippen LogP contribution in [-0.4, -0.2) is 38.6 Å². The molecular weight excluding hydrogens is 246 g/mol. The Balaban J connectivity index is 1.95. The van der Waals surface area contributed by atoms with E-state index in [1.165, 1.54) is 32.1 Å². The molecule has 0 bridgehead atoms. The molecule has 2 unspecified atom stereocenters. The second-order valence-corrected chi connectivity index (χ2v) is 7.67. The molecule has 2 aliphatic carbocycles. The highest BCUT2D eigenvalue weighted by Crippen LogP contribution is 2.31. The van der Waals surface area contributed by atoms with Gasteiger partial charge in [0.1, 0.15) is 0 Å². The standard InChI is InChI=1S/C14H27NO2S/c1-15(14-10-6-5-7-12(14)11-16)18(17)13-8-3-2-4-9-13/h12-14,16H,2-11H2,1H3/t12?,14-,18?/m0/s1. The van der Waals surface area contributed by atoms with Crippen LogP contribution in [0.15, 0.2) is 0 Å². The van der Waals surface area contributed by atoms with Crippen molar-refractivity contribution in [1.82, 2.24) is 4.31 Å². The molecule has 2 saturated carbocycles. The van der Waals surface area contributed by atoms with Gasteiger partial charge in [-0.15, -0.1) is 0 Å². The first-order valence-electron chi connectivity index (χ1n) is 7.48. The summed E-state index contributed by atoms with van der Waals surface area (Å²) >= 11 is 0. The third-order valence-electron chi connectivity index (χ3n) is 4.69. The first-order chi connectivity index (χ1) is 8.74. The maximum atomic E-state index is 12.6. The van der Waals surface area contributed by atoms with E-state index in [2.05, 4.69) is 4.31 Å². The average Bonchev–Trinajstić information content (AvgIpc) is 2.46. The van der Waals surface area contributed by atoms with Crippen molar-refractivity contribution in [3.8, 4) is 0 Å². The molecule has 2 fully saturated rings. The normalized spacial score (nSPS) is 32.6. The van der Waals surface area contributed by atoms with Crippen molar-refractivity contribution >= 4 is 11.0 Å². The van der Waals surface area contributed by atoms with Gasteiger partial charge < -0.3 is 5.11 Å². The Kier molecular flexibility index (Phi) is 5.64. The van der Waals surface area contributed by atoms with Gasteiger partial charge in [-0.1, -0.05) is 32.1 Å². The summed E-state index contributed by atoms with van der Waals surface area (Å²) in [5, 5.41) is 9.84. The fraction of sp³-hybridized carbons (Fsp3) is 1.00. The molecule has 3 atom stereocenters. The topological polar surface area (TPSA) is 40.5 Å². The van der Waals surface area contributed by atoms with Crippen LogP contribution in [0.5, 0.6) is 0 Å². The third-order valence-corrected chi connectivity index (χ3v) is 6.57. The average molecular weight is 273 g/mol. The van der Waals surface area contributed by atoms with Crippen LogP contribution >= 0.6 is 0 Å². The van der Waals surface area contributed by atoms with E-state index in [0.29, 0.717) is 17.2 Å². The van der Waals surface area contributed by atoms with Gasteiger partial charge in [-0.25, -0.2) is 8.51 Å². The lowest BCUT2D eigenvalue weighted by atomic mass is 9.85. The number of hydrogen-bond acceptors (Lipinski definition) is 2. The van der Waals surface area contributed by atoms with Crippen molar-refractivity contribution in [2.45, 2.75) is 69.1 Å². The Hall–Kier alpha value is 0.0700. The molecule has 106 valence electrons. The summed E-state index contributed by atoms with van der Waals surface area (Å²) in [6.45, 7) is 0.247. The van der Waals surface area contributed by atoms with Crippen molar-refractivity contribution < 1.29 is 9.32 Å². The summed E-state index contributed by atoms with van der Waals surface area (Å²) < 4.78 is 14.7. The van der Waals surface area contributed by atoms with Gasteiger partial charge in [0.25, 0.3) is 0 Å². The third kappa shape index (κ3) is 3.34. The van der Waals surface area contributed by atoms with E-state index in [-0.39, 0.29) is 6.61 Å². The Morgan fingerprint density at radius 1 is 1.06 bits per heavy atom. The Morgan fingerprint density at radius 3 is 2.33 bits per heavy atom. The SMILES string of the molecule is CN([C@H]1CCCCC1CO)S(=O)C1CCCCC1. The Labute approximate surface area is 114 Å². The Morgan fingerprint density at radius 2 is 1.67 bits per heavy atom. The molecule has 18 heavy (non-hydrogen) atoms. The van der Waals surface area contributed by atoms with Crippen LogP contribution in [0, 0.1) is 5.92 Å². The summed E-state index contributed by atoms with van der Waals surface area (Å²) in [4.78, 5) is 0. The lowest BCUT2D eigenvalue weighted by Crippen LogP contribution is -2.45. The van der Waals surface area contributed by atoms with Crippen LogP contribution in [0.3, 0.4) is 0 Å². The van der Waals surface area contributed by atoms with E-state index < -0.39 is 11.0 Å². The van der Waals surface area contributed by atoms with Gasteiger partial charge in [0.05, 0.1) is 11.0 Å². The predicted octanol–water partition coefficient (Wildman–Crippen LogP) is 2.47. The van der Waals surface area contributed by atoms with Crippen molar-refractivity contribution in [3.63, 3.8) is 0 Å². The van der Waals surface area contributed by atoms with E-state index >= 15 is 0 Å². The largest absolute Gasteiger partial charge is 0.396 e. The van der Waals surface area contributed by atoms with Crippen LogP contribution in [0.1, 0.15) is 57.8 Å². The summed E-state index contributed by atoms with van der Waals surface area (Å²) in [6.07, 6.45) is 10.6. The predicted molar refractivity (Wildman–Crippen MR) is 75.6 cm³/mol. The van der Waals surface area contributed by atoms with Crippen molar-refractivity contribution in [1.29, 1.82) is 0 Å². The zero-order chi connectivity index (χ0) is 13.0. The molecule has 0 spiro atoms. The molecule has 3 nitrogen and oxygen atoms in total. The smallest absolute Gasteiger partial charge is 0.0974 e. The van der Waals surface area contributed by atoms with E-state index in [9.17, 15) is 9.32 Å². The molecule has 0 aromatic rings. The van der Waals surface area contributed by atoms with Crippen LogP contribution in [0.25, 0.3) is 0 Å². The fourth-order valence-corrected chi connectivity index (χ4v) is 5.27.